The lowest BCUT2D eigenvalue weighted by Crippen LogP contribution is -2.36. The van der Waals surface area contributed by atoms with E-state index in [1.165, 1.54) is 4.90 Å². The topological polar surface area (TPSA) is 95.4 Å². The van der Waals surface area contributed by atoms with Crippen LogP contribution >= 0.6 is 0 Å². The first-order valence-corrected chi connectivity index (χ1v) is 7.52. The Bertz CT molecular complexity index is 748. The Morgan fingerprint density at radius 1 is 1.33 bits per heavy atom. The standard InChI is InChI=1S/C17H20N4O3/c1-11(16(22)23)10-21(3)17(24)20-14-6-4-5-13(9-14)15-18-8-7-12(2)19-15/h4-9,11H,10H2,1-3H3,(H,20,24)(H,22,23). The number of carboxylic acids is 1. The van der Waals surface area contributed by atoms with E-state index in [-0.39, 0.29) is 12.6 Å². The minimum Gasteiger partial charge on any atom is -0.481 e. The minimum absolute atomic E-state index is 0.127. The van der Waals surface area contributed by atoms with E-state index in [9.17, 15) is 9.59 Å². The summed E-state index contributed by atoms with van der Waals surface area (Å²) >= 11 is 0. The molecule has 0 aliphatic heterocycles. The second kappa shape index (κ2) is 7.54. The molecule has 0 spiro atoms. The van der Waals surface area contributed by atoms with E-state index in [1.807, 2.05) is 19.1 Å². The van der Waals surface area contributed by atoms with Gasteiger partial charge in [-0.15, -0.1) is 0 Å². The Labute approximate surface area is 140 Å². The van der Waals surface area contributed by atoms with Gasteiger partial charge in [0.05, 0.1) is 5.92 Å². The number of aromatic nitrogens is 2. The zero-order valence-corrected chi connectivity index (χ0v) is 13.9. The molecular formula is C17H20N4O3. The van der Waals surface area contributed by atoms with Crippen LogP contribution in [0.3, 0.4) is 0 Å². The molecule has 7 nitrogen and oxygen atoms in total. The number of benzene rings is 1. The first-order chi connectivity index (χ1) is 11.4. The van der Waals surface area contributed by atoms with Gasteiger partial charge in [0.2, 0.25) is 0 Å². The van der Waals surface area contributed by atoms with Crippen molar-refractivity contribution >= 4 is 17.7 Å². The summed E-state index contributed by atoms with van der Waals surface area (Å²) < 4.78 is 0. The van der Waals surface area contributed by atoms with Crippen LogP contribution in [0.15, 0.2) is 36.5 Å². The summed E-state index contributed by atoms with van der Waals surface area (Å²) in [5.41, 5.74) is 2.24. The number of carboxylic acid groups (broad SMARTS) is 1. The zero-order valence-electron chi connectivity index (χ0n) is 13.9. The van der Waals surface area contributed by atoms with Gasteiger partial charge in [0.15, 0.2) is 5.82 Å². The van der Waals surface area contributed by atoms with Crippen molar-refractivity contribution in [3.05, 3.63) is 42.2 Å². The summed E-state index contributed by atoms with van der Waals surface area (Å²) in [6.45, 7) is 3.57. The molecule has 2 N–H and O–H groups in total. The number of nitrogens with zero attached hydrogens (tertiary/aromatic N) is 3. The maximum atomic E-state index is 12.2. The third-order valence-electron chi connectivity index (χ3n) is 3.48. The fourth-order valence-corrected chi connectivity index (χ4v) is 2.11. The number of aryl methyl sites for hydroxylation is 1. The van der Waals surface area contributed by atoms with Crippen LogP contribution in [0.25, 0.3) is 11.4 Å². The normalized spacial score (nSPS) is 11.6. The quantitative estimate of drug-likeness (QED) is 0.879. The third-order valence-corrected chi connectivity index (χ3v) is 3.48. The number of hydrogen-bond donors (Lipinski definition) is 2. The molecule has 1 heterocycles. The van der Waals surface area contributed by atoms with Crippen molar-refractivity contribution in [2.75, 3.05) is 18.9 Å². The van der Waals surface area contributed by atoms with Gasteiger partial charge in [-0.25, -0.2) is 14.8 Å². The van der Waals surface area contributed by atoms with Crippen LogP contribution in [-0.4, -0.2) is 45.6 Å². The number of carbonyl (C=O) groups is 2. The second-order valence-corrected chi connectivity index (χ2v) is 5.65. The van der Waals surface area contributed by atoms with Crippen LogP contribution < -0.4 is 5.32 Å². The van der Waals surface area contributed by atoms with Crippen molar-refractivity contribution in [3.8, 4) is 11.4 Å². The smallest absolute Gasteiger partial charge is 0.321 e. The second-order valence-electron chi connectivity index (χ2n) is 5.65. The first kappa shape index (κ1) is 17.4. The van der Waals surface area contributed by atoms with E-state index in [0.717, 1.165) is 11.3 Å². The van der Waals surface area contributed by atoms with Crippen molar-refractivity contribution in [1.29, 1.82) is 0 Å². The Balaban J connectivity index is 2.09. The van der Waals surface area contributed by atoms with Crippen LogP contribution in [0.2, 0.25) is 0 Å². The fourth-order valence-electron chi connectivity index (χ4n) is 2.11. The van der Waals surface area contributed by atoms with E-state index in [1.54, 1.807) is 38.4 Å². The van der Waals surface area contributed by atoms with Gasteiger partial charge in [-0.3, -0.25) is 4.79 Å². The molecule has 0 saturated carbocycles. The molecular weight excluding hydrogens is 308 g/mol. The molecule has 1 aromatic carbocycles. The molecule has 0 aliphatic carbocycles. The number of rotatable bonds is 5. The van der Waals surface area contributed by atoms with Gasteiger partial charge >= 0.3 is 12.0 Å². The molecule has 0 saturated heterocycles. The lowest BCUT2D eigenvalue weighted by molar-refractivity contribution is -0.141. The van der Waals surface area contributed by atoms with Gasteiger partial charge in [0.1, 0.15) is 0 Å². The van der Waals surface area contributed by atoms with Crippen molar-refractivity contribution in [2.24, 2.45) is 5.92 Å². The average molecular weight is 328 g/mol. The van der Waals surface area contributed by atoms with Crippen LogP contribution in [0.1, 0.15) is 12.6 Å². The molecule has 0 bridgehead atoms. The van der Waals surface area contributed by atoms with Gasteiger partial charge in [-0.2, -0.15) is 0 Å². The fraction of sp³-hybridized carbons (Fsp3) is 0.294. The number of urea groups is 1. The predicted molar refractivity (Wildman–Crippen MR) is 90.7 cm³/mol. The van der Waals surface area contributed by atoms with Crippen LogP contribution in [0.5, 0.6) is 0 Å². The van der Waals surface area contributed by atoms with Crippen molar-refractivity contribution in [2.45, 2.75) is 13.8 Å². The largest absolute Gasteiger partial charge is 0.481 e. The maximum absolute atomic E-state index is 12.2. The number of nitrogens with one attached hydrogen (secondary N) is 1. The first-order valence-electron chi connectivity index (χ1n) is 7.52. The summed E-state index contributed by atoms with van der Waals surface area (Å²) in [6.07, 6.45) is 1.68. The molecule has 0 aliphatic rings. The van der Waals surface area contributed by atoms with Gasteiger partial charge in [0.25, 0.3) is 0 Å². The number of amides is 2. The monoisotopic (exact) mass is 328 g/mol. The van der Waals surface area contributed by atoms with Crippen molar-refractivity contribution in [3.63, 3.8) is 0 Å². The molecule has 24 heavy (non-hydrogen) atoms. The Kier molecular flexibility index (Phi) is 5.47. The van der Waals surface area contributed by atoms with Crippen molar-refractivity contribution < 1.29 is 14.7 Å². The highest BCUT2D eigenvalue weighted by molar-refractivity contribution is 5.90. The number of carbonyl (C=O) groups excluding carboxylic acids is 1. The van der Waals surface area contributed by atoms with E-state index < -0.39 is 11.9 Å². The summed E-state index contributed by atoms with van der Waals surface area (Å²) in [7, 11) is 1.56. The summed E-state index contributed by atoms with van der Waals surface area (Å²) in [5.74, 6) is -0.986. The maximum Gasteiger partial charge on any atom is 0.321 e. The number of hydrogen-bond acceptors (Lipinski definition) is 4. The summed E-state index contributed by atoms with van der Waals surface area (Å²) in [5, 5.41) is 11.7. The molecule has 2 aromatic rings. The molecule has 0 fully saturated rings. The highest BCUT2D eigenvalue weighted by Crippen LogP contribution is 2.19. The number of aliphatic carboxylic acids is 1. The predicted octanol–water partition coefficient (Wildman–Crippen LogP) is 2.64. The minimum atomic E-state index is -0.937. The third kappa shape index (κ3) is 4.52. The molecule has 0 radical (unpaired) electrons. The van der Waals surface area contributed by atoms with Gasteiger partial charge < -0.3 is 15.3 Å². The van der Waals surface area contributed by atoms with Crippen molar-refractivity contribution in [1.82, 2.24) is 14.9 Å². The van der Waals surface area contributed by atoms with Crippen LogP contribution in [-0.2, 0) is 4.79 Å². The van der Waals surface area contributed by atoms with E-state index in [2.05, 4.69) is 15.3 Å². The molecule has 2 rings (SSSR count). The molecule has 7 heteroatoms. The zero-order chi connectivity index (χ0) is 17.7. The van der Waals surface area contributed by atoms with E-state index in [4.69, 9.17) is 5.11 Å². The summed E-state index contributed by atoms with van der Waals surface area (Å²) in [6, 6.07) is 8.64. The Morgan fingerprint density at radius 2 is 2.08 bits per heavy atom. The van der Waals surface area contributed by atoms with E-state index in [0.29, 0.717) is 11.5 Å². The van der Waals surface area contributed by atoms with Crippen LogP contribution in [0, 0.1) is 12.8 Å². The van der Waals surface area contributed by atoms with Gasteiger partial charge in [0, 0.05) is 36.7 Å². The van der Waals surface area contributed by atoms with Gasteiger partial charge in [-0.1, -0.05) is 19.1 Å². The summed E-state index contributed by atoms with van der Waals surface area (Å²) in [4.78, 5) is 33.0. The molecule has 126 valence electrons. The molecule has 1 aromatic heterocycles. The Hall–Kier alpha value is -2.96. The average Bonchev–Trinajstić information content (AvgIpc) is 2.54. The lowest BCUT2D eigenvalue weighted by atomic mass is 10.1. The SMILES string of the molecule is Cc1ccnc(-c2cccc(NC(=O)N(C)CC(C)C(=O)O)c2)n1. The van der Waals surface area contributed by atoms with Crippen LogP contribution in [0.4, 0.5) is 10.5 Å². The molecule has 2 amide bonds. The highest BCUT2D eigenvalue weighted by atomic mass is 16.4. The van der Waals surface area contributed by atoms with Gasteiger partial charge in [-0.05, 0) is 25.1 Å². The molecule has 1 unspecified atom stereocenters. The van der Waals surface area contributed by atoms with E-state index >= 15 is 0 Å². The number of anilines is 1. The highest BCUT2D eigenvalue weighted by Gasteiger charge is 2.17. The lowest BCUT2D eigenvalue weighted by Gasteiger charge is -2.20. The molecule has 1 atom stereocenters. The Morgan fingerprint density at radius 3 is 2.75 bits per heavy atom.